The average molecular weight is 348 g/mol. The molecule has 94 valence electrons. The smallest absolute Gasteiger partial charge is 0.128 e. The van der Waals surface area contributed by atoms with Crippen LogP contribution in [0.15, 0.2) is 24.3 Å². The summed E-state index contributed by atoms with van der Waals surface area (Å²) < 4.78 is 20.5. The lowest BCUT2D eigenvalue weighted by Crippen LogP contribution is -2.36. The van der Waals surface area contributed by atoms with Crippen LogP contribution in [0.5, 0.6) is 0 Å². The van der Waals surface area contributed by atoms with Crippen LogP contribution in [-0.2, 0) is 11.3 Å². The summed E-state index contributed by atoms with van der Waals surface area (Å²) in [7, 11) is 0. The molecule has 0 aliphatic heterocycles. The van der Waals surface area contributed by atoms with Crippen LogP contribution in [0.25, 0.3) is 0 Å². The first-order valence-corrected chi connectivity index (χ1v) is 7.72. The molecule has 1 aliphatic carbocycles. The van der Waals surface area contributed by atoms with E-state index in [1.807, 2.05) is 6.07 Å². The second-order valence-electron chi connectivity index (χ2n) is 4.76. The molecule has 0 radical (unpaired) electrons. The molecule has 0 bridgehead atoms. The third kappa shape index (κ3) is 3.41. The fourth-order valence-electron chi connectivity index (χ4n) is 2.36. The minimum atomic E-state index is -0.160. The lowest BCUT2D eigenvalue weighted by molar-refractivity contribution is -0.0615. The van der Waals surface area contributed by atoms with E-state index in [9.17, 15) is 4.39 Å². The monoisotopic (exact) mass is 348 g/mol. The molecule has 1 nitrogen and oxygen atoms in total. The third-order valence-corrected chi connectivity index (χ3v) is 4.89. The van der Waals surface area contributed by atoms with Crippen LogP contribution in [0.3, 0.4) is 0 Å². The second kappa shape index (κ2) is 6.14. The van der Waals surface area contributed by atoms with Gasteiger partial charge in [0.2, 0.25) is 0 Å². The maximum Gasteiger partial charge on any atom is 0.128 e. The van der Waals surface area contributed by atoms with Crippen molar-refractivity contribution in [2.24, 2.45) is 0 Å². The number of alkyl halides is 1. The van der Waals surface area contributed by atoms with E-state index < -0.39 is 0 Å². The molecule has 0 saturated heterocycles. The summed E-state index contributed by atoms with van der Waals surface area (Å²) in [4.78, 5) is 0. The highest BCUT2D eigenvalue weighted by Crippen LogP contribution is 2.34. The molecule has 0 atom stereocenters. The molecule has 1 fully saturated rings. The highest BCUT2D eigenvalue weighted by Gasteiger charge is 2.31. The maximum absolute atomic E-state index is 13.5. The molecule has 1 aliphatic rings. The topological polar surface area (TPSA) is 9.23 Å². The molecule has 0 amide bonds. The van der Waals surface area contributed by atoms with Crippen LogP contribution in [0.1, 0.15) is 37.7 Å². The van der Waals surface area contributed by atoms with Crippen molar-refractivity contribution in [3.05, 3.63) is 35.6 Å². The molecular weight excluding hydrogens is 330 g/mol. The van der Waals surface area contributed by atoms with E-state index in [-0.39, 0.29) is 11.4 Å². The van der Waals surface area contributed by atoms with Crippen molar-refractivity contribution in [1.82, 2.24) is 0 Å². The molecule has 0 heterocycles. The predicted octanol–water partition coefficient (Wildman–Crippen LogP) is 4.48. The van der Waals surface area contributed by atoms with Crippen molar-refractivity contribution in [3.8, 4) is 0 Å². The first-order valence-electron chi connectivity index (χ1n) is 6.19. The van der Waals surface area contributed by atoms with Gasteiger partial charge in [-0.05, 0) is 18.9 Å². The Morgan fingerprint density at radius 3 is 2.53 bits per heavy atom. The summed E-state index contributed by atoms with van der Waals surface area (Å²) >= 11 is 2.39. The summed E-state index contributed by atoms with van der Waals surface area (Å²) in [5.41, 5.74) is 0.656. The van der Waals surface area contributed by atoms with Crippen LogP contribution in [0, 0.1) is 5.82 Å². The fraction of sp³-hybridized carbons (Fsp3) is 0.571. The van der Waals surface area contributed by atoms with E-state index in [1.165, 1.54) is 25.3 Å². The zero-order valence-corrected chi connectivity index (χ0v) is 12.1. The van der Waals surface area contributed by atoms with Crippen LogP contribution < -0.4 is 0 Å². The van der Waals surface area contributed by atoms with Gasteiger partial charge in [0.15, 0.2) is 0 Å². The van der Waals surface area contributed by atoms with Crippen LogP contribution >= 0.6 is 22.6 Å². The zero-order chi connectivity index (χ0) is 12.1. The normalized spacial score (nSPS) is 19.2. The molecule has 1 aromatic carbocycles. The van der Waals surface area contributed by atoms with Crippen molar-refractivity contribution >= 4 is 22.6 Å². The van der Waals surface area contributed by atoms with Crippen molar-refractivity contribution in [2.75, 3.05) is 4.43 Å². The molecule has 0 N–H and O–H groups in total. The molecule has 0 unspecified atom stereocenters. The van der Waals surface area contributed by atoms with E-state index in [4.69, 9.17) is 4.74 Å². The van der Waals surface area contributed by atoms with Crippen molar-refractivity contribution in [2.45, 2.75) is 44.3 Å². The quantitative estimate of drug-likeness (QED) is 0.576. The van der Waals surface area contributed by atoms with Crippen molar-refractivity contribution in [1.29, 1.82) is 0 Å². The van der Waals surface area contributed by atoms with Gasteiger partial charge in [0.1, 0.15) is 5.82 Å². The first kappa shape index (κ1) is 13.3. The summed E-state index contributed by atoms with van der Waals surface area (Å²) in [6.45, 7) is 0.398. The van der Waals surface area contributed by atoms with E-state index in [0.29, 0.717) is 12.2 Å². The third-order valence-electron chi connectivity index (χ3n) is 3.50. The summed E-state index contributed by atoms with van der Waals surface area (Å²) in [6, 6.07) is 6.88. The Kier molecular flexibility index (Phi) is 4.79. The molecule has 1 saturated carbocycles. The van der Waals surface area contributed by atoms with Gasteiger partial charge in [-0.2, -0.15) is 0 Å². The van der Waals surface area contributed by atoms with Gasteiger partial charge in [-0.25, -0.2) is 4.39 Å². The Hall–Kier alpha value is -0.160. The van der Waals surface area contributed by atoms with E-state index in [1.54, 1.807) is 12.1 Å². The number of hydrogen-bond acceptors (Lipinski definition) is 1. The molecular formula is C14H18FIO. The van der Waals surface area contributed by atoms with E-state index in [0.717, 1.165) is 17.3 Å². The van der Waals surface area contributed by atoms with Gasteiger partial charge in [0.25, 0.3) is 0 Å². The van der Waals surface area contributed by atoms with Gasteiger partial charge in [-0.15, -0.1) is 0 Å². The standard InChI is InChI=1S/C14H18FIO/c15-13-7-3-2-6-12(13)10-17-14(11-16)8-4-1-5-9-14/h2-3,6-7H,1,4-5,8-11H2. The largest absolute Gasteiger partial charge is 0.369 e. The predicted molar refractivity (Wildman–Crippen MR) is 75.9 cm³/mol. The van der Waals surface area contributed by atoms with Gasteiger partial charge >= 0.3 is 0 Å². The number of rotatable bonds is 4. The average Bonchev–Trinajstić information content (AvgIpc) is 2.39. The van der Waals surface area contributed by atoms with Crippen LogP contribution in [0.4, 0.5) is 4.39 Å². The highest BCUT2D eigenvalue weighted by molar-refractivity contribution is 14.1. The summed E-state index contributed by atoms with van der Waals surface area (Å²) in [6.07, 6.45) is 6.01. The molecule has 2 rings (SSSR count). The SMILES string of the molecule is Fc1ccccc1COC1(CI)CCCCC1. The van der Waals surface area contributed by atoms with Gasteiger partial charge in [0, 0.05) is 9.99 Å². The second-order valence-corrected chi connectivity index (χ2v) is 5.52. The number of halogens is 2. The summed E-state index contributed by atoms with van der Waals surface area (Å²) in [5, 5.41) is 0. The minimum absolute atomic E-state index is 0.0128. The Labute approximate surface area is 116 Å². The Bertz CT molecular complexity index is 361. The van der Waals surface area contributed by atoms with Crippen LogP contribution in [0.2, 0.25) is 0 Å². The van der Waals surface area contributed by atoms with Gasteiger partial charge in [-0.1, -0.05) is 60.1 Å². The first-order chi connectivity index (χ1) is 8.26. The molecule has 0 aromatic heterocycles. The van der Waals surface area contributed by atoms with Gasteiger partial charge < -0.3 is 4.74 Å². The lowest BCUT2D eigenvalue weighted by atomic mass is 9.86. The minimum Gasteiger partial charge on any atom is -0.369 e. The Morgan fingerprint density at radius 1 is 1.18 bits per heavy atom. The summed E-state index contributed by atoms with van der Waals surface area (Å²) in [5.74, 6) is -0.160. The lowest BCUT2D eigenvalue weighted by Gasteiger charge is -2.35. The molecule has 0 spiro atoms. The number of hydrogen-bond donors (Lipinski definition) is 0. The maximum atomic E-state index is 13.5. The van der Waals surface area contributed by atoms with Gasteiger partial charge in [0.05, 0.1) is 12.2 Å². The molecule has 3 heteroatoms. The number of benzene rings is 1. The van der Waals surface area contributed by atoms with E-state index in [2.05, 4.69) is 22.6 Å². The highest BCUT2D eigenvalue weighted by atomic mass is 127. The fourth-order valence-corrected chi connectivity index (χ4v) is 3.34. The van der Waals surface area contributed by atoms with Crippen molar-refractivity contribution < 1.29 is 9.13 Å². The molecule has 1 aromatic rings. The number of ether oxygens (including phenoxy) is 1. The van der Waals surface area contributed by atoms with Crippen LogP contribution in [-0.4, -0.2) is 10.0 Å². The zero-order valence-electron chi connectivity index (χ0n) is 9.92. The van der Waals surface area contributed by atoms with Gasteiger partial charge in [-0.3, -0.25) is 0 Å². The van der Waals surface area contributed by atoms with E-state index >= 15 is 0 Å². The molecule has 17 heavy (non-hydrogen) atoms. The Balaban J connectivity index is 1.98. The Morgan fingerprint density at radius 2 is 1.88 bits per heavy atom. The van der Waals surface area contributed by atoms with Crippen molar-refractivity contribution in [3.63, 3.8) is 0 Å².